The molecular formula is C40H25BrCl4N2O5S2. The Morgan fingerprint density at radius 3 is 1.67 bits per heavy atom. The summed E-state index contributed by atoms with van der Waals surface area (Å²) in [5.74, 6) is -0.798. The van der Waals surface area contributed by atoms with Gasteiger partial charge in [0.1, 0.15) is 15.8 Å². The molecule has 0 saturated heterocycles. The van der Waals surface area contributed by atoms with Gasteiger partial charge < -0.3 is 14.6 Å². The topological polar surface area (TPSA) is 98.6 Å². The van der Waals surface area contributed by atoms with Gasteiger partial charge in [0.2, 0.25) is 0 Å². The van der Waals surface area contributed by atoms with Gasteiger partial charge >= 0.3 is 11.9 Å². The lowest BCUT2D eigenvalue weighted by atomic mass is 9.97. The van der Waals surface area contributed by atoms with Crippen molar-refractivity contribution >= 4 is 96.9 Å². The molecule has 7 rings (SSSR count). The molecule has 0 aliphatic carbocycles. The molecule has 0 aliphatic rings. The fourth-order valence-electron chi connectivity index (χ4n) is 5.27. The Morgan fingerprint density at radius 2 is 1.15 bits per heavy atom. The van der Waals surface area contributed by atoms with E-state index in [0.717, 1.165) is 44.2 Å². The standard InChI is InChI=1S/C23H15Cl2NO3S.C17H10BrCl2NO2S/c1-29-21-5-3-2-4-16(21)15-8-6-14(10-17(15)23(27)28)22-26-20(12-30-22)13-7-9-18(24)19(25)11-13;1-23-17(22)11-6-10(2-4-12(11)18)16-21-15(8-24-16)9-3-5-13(19)14(20)7-9/h2-12H,1H3,(H,27,28);2-8H,1H3. The van der Waals surface area contributed by atoms with Crippen molar-refractivity contribution in [1.29, 1.82) is 0 Å². The second-order valence-electron chi connectivity index (χ2n) is 11.3. The average Bonchev–Trinajstić information content (AvgIpc) is 3.89. The van der Waals surface area contributed by atoms with Crippen LogP contribution in [0.15, 0.2) is 112 Å². The maximum atomic E-state index is 12.0. The molecule has 0 radical (unpaired) electrons. The normalized spacial score (nSPS) is 10.7. The van der Waals surface area contributed by atoms with E-state index in [0.29, 0.717) is 46.4 Å². The van der Waals surface area contributed by atoms with Crippen molar-refractivity contribution in [3.8, 4) is 60.5 Å². The van der Waals surface area contributed by atoms with Crippen molar-refractivity contribution < 1.29 is 24.2 Å². The minimum Gasteiger partial charge on any atom is -0.496 e. The summed E-state index contributed by atoms with van der Waals surface area (Å²) in [6, 6.07) is 28.8. The first kappa shape index (κ1) is 39.4. The van der Waals surface area contributed by atoms with E-state index < -0.39 is 11.9 Å². The summed E-state index contributed by atoms with van der Waals surface area (Å²) in [6.45, 7) is 0. The number of carbonyl (C=O) groups is 2. The summed E-state index contributed by atoms with van der Waals surface area (Å²) < 4.78 is 10.9. The van der Waals surface area contributed by atoms with Crippen LogP contribution < -0.4 is 4.74 Å². The highest BCUT2D eigenvalue weighted by molar-refractivity contribution is 9.10. The number of ether oxygens (including phenoxy) is 2. The molecule has 54 heavy (non-hydrogen) atoms. The Labute approximate surface area is 346 Å². The molecule has 0 aliphatic heterocycles. The van der Waals surface area contributed by atoms with Crippen LogP contribution in [0.1, 0.15) is 20.7 Å². The number of para-hydroxylation sites is 1. The molecule has 7 nitrogen and oxygen atoms in total. The quantitative estimate of drug-likeness (QED) is 0.152. The van der Waals surface area contributed by atoms with Crippen LogP contribution in [0.5, 0.6) is 5.75 Å². The second-order valence-corrected chi connectivity index (χ2v) is 15.5. The molecule has 0 spiro atoms. The van der Waals surface area contributed by atoms with Gasteiger partial charge in [0, 0.05) is 43.1 Å². The lowest BCUT2D eigenvalue weighted by Gasteiger charge is -2.12. The molecular weight excluding hydrogens is 874 g/mol. The summed E-state index contributed by atoms with van der Waals surface area (Å²) in [5, 5.41) is 17.1. The number of hydrogen-bond acceptors (Lipinski definition) is 8. The third-order valence-electron chi connectivity index (χ3n) is 7.95. The molecule has 0 saturated carbocycles. The van der Waals surface area contributed by atoms with Gasteiger partial charge in [-0.3, -0.25) is 0 Å². The number of rotatable bonds is 8. The van der Waals surface area contributed by atoms with Crippen molar-refractivity contribution in [1.82, 2.24) is 9.97 Å². The van der Waals surface area contributed by atoms with E-state index in [1.807, 2.05) is 59.3 Å². The van der Waals surface area contributed by atoms with Crippen molar-refractivity contribution in [2.45, 2.75) is 0 Å². The smallest absolute Gasteiger partial charge is 0.339 e. The fourth-order valence-corrected chi connectivity index (χ4v) is 7.93. The van der Waals surface area contributed by atoms with Gasteiger partial charge in [0.25, 0.3) is 0 Å². The van der Waals surface area contributed by atoms with Gasteiger partial charge in [-0.15, -0.1) is 22.7 Å². The Hall–Kier alpha value is -4.26. The summed E-state index contributed by atoms with van der Waals surface area (Å²) in [5.41, 5.74) is 6.80. The van der Waals surface area contributed by atoms with E-state index in [1.54, 1.807) is 55.6 Å². The van der Waals surface area contributed by atoms with Crippen LogP contribution >= 0.6 is 85.0 Å². The predicted molar refractivity (Wildman–Crippen MR) is 224 cm³/mol. The third-order valence-corrected chi connectivity index (χ3v) is 11.9. The lowest BCUT2D eigenvalue weighted by Crippen LogP contribution is -2.02. The maximum absolute atomic E-state index is 12.0. The number of halogens is 5. The van der Waals surface area contributed by atoms with E-state index in [4.69, 9.17) is 55.9 Å². The second kappa shape index (κ2) is 17.5. The van der Waals surface area contributed by atoms with Gasteiger partial charge in [0.05, 0.1) is 56.8 Å². The highest BCUT2D eigenvalue weighted by Crippen LogP contribution is 2.38. The molecule has 2 aromatic heterocycles. The van der Waals surface area contributed by atoms with Crippen LogP contribution in [-0.2, 0) is 4.74 Å². The SMILES string of the molecule is COC(=O)c1cc(-c2nc(-c3ccc(Cl)c(Cl)c3)cs2)ccc1Br.COc1ccccc1-c1ccc(-c2nc(-c3ccc(Cl)c(Cl)c3)cs2)cc1C(=O)O. The zero-order valence-electron chi connectivity index (χ0n) is 28.1. The van der Waals surface area contributed by atoms with E-state index in [1.165, 1.54) is 29.8 Å². The number of thiazole rings is 2. The molecule has 0 bridgehead atoms. The largest absolute Gasteiger partial charge is 0.496 e. The lowest BCUT2D eigenvalue weighted by molar-refractivity contribution is 0.0598. The number of hydrogen-bond donors (Lipinski definition) is 1. The summed E-state index contributed by atoms with van der Waals surface area (Å²) in [4.78, 5) is 33.1. The number of carboxylic acids is 1. The minimum atomic E-state index is -1.01. The molecule has 14 heteroatoms. The number of carbonyl (C=O) groups excluding carboxylic acids is 1. The summed E-state index contributed by atoms with van der Waals surface area (Å²) >= 11 is 30.4. The van der Waals surface area contributed by atoms with Crippen molar-refractivity contribution in [2.75, 3.05) is 14.2 Å². The van der Waals surface area contributed by atoms with Crippen LogP contribution in [0.3, 0.4) is 0 Å². The molecule has 5 aromatic carbocycles. The van der Waals surface area contributed by atoms with Crippen molar-refractivity contribution in [2.24, 2.45) is 0 Å². The van der Waals surface area contributed by atoms with Crippen LogP contribution in [-0.4, -0.2) is 41.2 Å². The van der Waals surface area contributed by atoms with Gasteiger partial charge in [-0.05, 0) is 70.0 Å². The van der Waals surface area contributed by atoms with Gasteiger partial charge in [-0.1, -0.05) is 94.9 Å². The molecule has 272 valence electrons. The van der Waals surface area contributed by atoms with Crippen LogP contribution in [0.25, 0.3) is 54.8 Å². The molecule has 0 fully saturated rings. The number of aromatic carboxylic acids is 1. The average molecular weight is 899 g/mol. The fraction of sp³-hybridized carbons (Fsp3) is 0.0500. The van der Waals surface area contributed by atoms with E-state index in [2.05, 4.69) is 25.9 Å². The number of methoxy groups -OCH3 is 2. The first-order valence-electron chi connectivity index (χ1n) is 15.7. The number of benzene rings is 5. The first-order chi connectivity index (χ1) is 26.0. The van der Waals surface area contributed by atoms with E-state index in [-0.39, 0.29) is 5.56 Å². The zero-order chi connectivity index (χ0) is 38.5. The molecule has 2 heterocycles. The molecule has 0 amide bonds. The number of nitrogens with zero attached hydrogens (tertiary/aromatic N) is 2. The highest BCUT2D eigenvalue weighted by atomic mass is 79.9. The van der Waals surface area contributed by atoms with E-state index >= 15 is 0 Å². The van der Waals surface area contributed by atoms with Crippen LogP contribution in [0.2, 0.25) is 20.1 Å². The number of esters is 1. The molecule has 7 aromatic rings. The Kier molecular flexibility index (Phi) is 12.8. The minimum absolute atomic E-state index is 0.184. The number of aromatic nitrogens is 2. The molecule has 1 N–H and O–H groups in total. The van der Waals surface area contributed by atoms with E-state index in [9.17, 15) is 14.7 Å². The van der Waals surface area contributed by atoms with Crippen LogP contribution in [0, 0.1) is 0 Å². The van der Waals surface area contributed by atoms with Gasteiger partial charge in [-0.2, -0.15) is 0 Å². The first-order valence-corrected chi connectivity index (χ1v) is 19.7. The highest BCUT2D eigenvalue weighted by Gasteiger charge is 2.18. The third kappa shape index (κ3) is 8.82. The van der Waals surface area contributed by atoms with Crippen molar-refractivity contribution in [3.63, 3.8) is 0 Å². The monoisotopic (exact) mass is 896 g/mol. The van der Waals surface area contributed by atoms with Gasteiger partial charge in [-0.25, -0.2) is 19.6 Å². The molecule has 0 unspecified atom stereocenters. The Balaban J connectivity index is 0.000000189. The van der Waals surface area contributed by atoms with Gasteiger partial charge in [0.15, 0.2) is 0 Å². The zero-order valence-corrected chi connectivity index (χ0v) is 34.3. The summed E-state index contributed by atoms with van der Waals surface area (Å²) in [7, 11) is 2.92. The molecule has 0 atom stereocenters. The number of carboxylic acid groups (broad SMARTS) is 1. The Bertz CT molecular complexity index is 2520. The van der Waals surface area contributed by atoms with Crippen LogP contribution in [0.4, 0.5) is 0 Å². The summed E-state index contributed by atoms with van der Waals surface area (Å²) in [6.07, 6.45) is 0. The Morgan fingerprint density at radius 1 is 0.630 bits per heavy atom. The maximum Gasteiger partial charge on any atom is 0.339 e. The van der Waals surface area contributed by atoms with Crippen molar-refractivity contribution in [3.05, 3.63) is 144 Å². The predicted octanol–water partition coefficient (Wildman–Crippen LogP) is 13.5.